The molecule has 2 aromatic rings. The molecular formula is C49H74N6O12. The van der Waals surface area contributed by atoms with E-state index in [9.17, 15) is 29.1 Å². The zero-order chi connectivity index (χ0) is 49.5. The van der Waals surface area contributed by atoms with Gasteiger partial charge in [-0.2, -0.15) is 5.10 Å². The number of alkyl carbamates (subject to hydrolysis) is 2. The Balaban J connectivity index is 1.58. The molecule has 67 heavy (non-hydrogen) atoms. The van der Waals surface area contributed by atoms with E-state index in [2.05, 4.69) is 15.7 Å². The van der Waals surface area contributed by atoms with Crippen LogP contribution in [-0.4, -0.2) is 149 Å². The third kappa shape index (κ3) is 12.2. The molecule has 3 amide bonds. The van der Waals surface area contributed by atoms with Crippen molar-refractivity contribution in [1.29, 1.82) is 0 Å². The summed E-state index contributed by atoms with van der Waals surface area (Å²) in [5.74, 6) is -4.97. The topological polar surface area (TPSA) is 209 Å². The molecule has 4 heterocycles. The third-order valence-corrected chi connectivity index (χ3v) is 13.8. The lowest BCUT2D eigenvalue weighted by Crippen LogP contribution is -2.61. The molecule has 0 bridgehead atoms. The van der Waals surface area contributed by atoms with Crippen molar-refractivity contribution < 1.29 is 57.5 Å². The summed E-state index contributed by atoms with van der Waals surface area (Å²) >= 11 is 0. The number of aliphatic hydroxyl groups is 1. The van der Waals surface area contributed by atoms with Crippen LogP contribution in [0.1, 0.15) is 94.1 Å². The first-order valence-electron chi connectivity index (χ1n) is 23.6. The number of nitrogens with zero attached hydrogens (tertiary/aromatic N) is 4. The fourth-order valence-corrected chi connectivity index (χ4v) is 10.0. The molecule has 5 rings (SSSR count). The summed E-state index contributed by atoms with van der Waals surface area (Å²) in [7, 11) is 5.54. The molecule has 18 heteroatoms. The van der Waals surface area contributed by atoms with E-state index >= 15 is 0 Å². The number of aromatic nitrogens is 2. The number of esters is 1. The van der Waals surface area contributed by atoms with Gasteiger partial charge in [0.25, 0.3) is 0 Å². The number of rotatable bonds is 12. The van der Waals surface area contributed by atoms with Crippen LogP contribution in [0.2, 0.25) is 0 Å². The molecule has 14 atom stereocenters. The van der Waals surface area contributed by atoms with E-state index in [1.807, 2.05) is 75.6 Å². The number of hydrogen-bond acceptors (Lipinski definition) is 14. The summed E-state index contributed by atoms with van der Waals surface area (Å²) in [6.45, 7) is 17.8. The molecule has 3 fully saturated rings. The minimum absolute atomic E-state index is 0.0571. The second-order valence-electron chi connectivity index (χ2n) is 19.1. The molecule has 0 aliphatic carbocycles. The smallest absolute Gasteiger partial charge is 0.410 e. The van der Waals surface area contributed by atoms with Crippen LogP contribution in [0.3, 0.4) is 0 Å². The van der Waals surface area contributed by atoms with Crippen LogP contribution in [-0.2, 0) is 45.1 Å². The number of benzene rings is 1. The minimum atomic E-state index is -1.75. The zero-order valence-electron chi connectivity index (χ0n) is 41.5. The lowest BCUT2D eigenvalue weighted by Gasteiger charge is -2.48. The van der Waals surface area contributed by atoms with Crippen molar-refractivity contribution in [3.05, 3.63) is 48.2 Å². The van der Waals surface area contributed by atoms with E-state index in [1.54, 1.807) is 73.1 Å². The van der Waals surface area contributed by atoms with Gasteiger partial charge in [0.2, 0.25) is 0 Å². The minimum Gasteiger partial charge on any atom is -0.458 e. The standard InChI is InChI=1S/C49H74N6O12/c1-14-37-49(10)41(51-46(60)67-49)30(6)38(56)28(4)27-48(9,66-45(59)50-24-17-18-33-19-21-34(22-20-33)35-23-25-54(13)52-35)42(65-44-39(57)36(53(11)12)26-29(5)62-44)31(7)40(32(8)43(58)63-37)64-47(61)55(15-2)16-3/h17-23,25,28-32,36-37,39-42,44,57H,14-16,24,26-27H2,1-13H3,(H,50,59)(H,51,60)/b18-17+/t28-,29-,30+,31+,32-,36+,37-,39-,40+,41-,42-,44+,48-,49-/m1/s1. The Hall–Kier alpha value is -5.04. The molecule has 3 aliphatic rings. The fraction of sp³-hybridized carbons (Fsp3) is 0.673. The highest BCUT2D eigenvalue weighted by Crippen LogP contribution is 2.42. The number of hydrogen-bond donors (Lipinski definition) is 3. The van der Waals surface area contributed by atoms with Crippen molar-refractivity contribution in [3.63, 3.8) is 0 Å². The molecule has 372 valence electrons. The molecule has 1 aromatic carbocycles. The van der Waals surface area contributed by atoms with E-state index in [0.29, 0.717) is 19.5 Å². The molecule has 0 saturated carbocycles. The van der Waals surface area contributed by atoms with Crippen LogP contribution in [0.5, 0.6) is 0 Å². The van der Waals surface area contributed by atoms with Crippen molar-refractivity contribution in [2.24, 2.45) is 30.7 Å². The first-order valence-corrected chi connectivity index (χ1v) is 23.6. The molecule has 0 unspecified atom stereocenters. The van der Waals surface area contributed by atoms with Gasteiger partial charge in [-0.3, -0.25) is 14.3 Å². The van der Waals surface area contributed by atoms with Crippen LogP contribution in [0.15, 0.2) is 42.6 Å². The molecule has 3 N–H and O–H groups in total. The van der Waals surface area contributed by atoms with E-state index in [1.165, 1.54) is 4.90 Å². The quantitative estimate of drug-likeness (QED) is 0.166. The van der Waals surface area contributed by atoms with Crippen LogP contribution in [0.4, 0.5) is 14.4 Å². The number of likely N-dealkylation sites (N-methyl/N-ethyl adjacent to an activating group) is 1. The maximum atomic E-state index is 14.7. The lowest BCUT2D eigenvalue weighted by molar-refractivity contribution is -0.298. The highest BCUT2D eigenvalue weighted by Gasteiger charge is 2.58. The largest absolute Gasteiger partial charge is 0.458 e. The van der Waals surface area contributed by atoms with Gasteiger partial charge in [-0.25, -0.2) is 14.4 Å². The van der Waals surface area contributed by atoms with E-state index < -0.39 is 102 Å². The Morgan fingerprint density at radius 1 is 1.01 bits per heavy atom. The average Bonchev–Trinajstić information content (AvgIpc) is 3.86. The van der Waals surface area contributed by atoms with Gasteiger partial charge < -0.3 is 54.0 Å². The van der Waals surface area contributed by atoms with Gasteiger partial charge >= 0.3 is 24.2 Å². The Bertz CT molecular complexity index is 2060. The molecule has 3 saturated heterocycles. The van der Waals surface area contributed by atoms with E-state index in [0.717, 1.165) is 16.8 Å². The Morgan fingerprint density at radius 3 is 2.28 bits per heavy atom. The van der Waals surface area contributed by atoms with Crippen molar-refractivity contribution in [2.75, 3.05) is 33.7 Å². The fourth-order valence-electron chi connectivity index (χ4n) is 10.0. The van der Waals surface area contributed by atoms with Crippen molar-refractivity contribution in [2.45, 2.75) is 149 Å². The van der Waals surface area contributed by atoms with Gasteiger partial charge in [-0.05, 0) is 86.5 Å². The van der Waals surface area contributed by atoms with Gasteiger partial charge in [0, 0.05) is 62.2 Å². The Morgan fingerprint density at radius 2 is 1.69 bits per heavy atom. The normalized spacial score (nSPS) is 34.1. The Kier molecular flexibility index (Phi) is 17.7. The molecule has 18 nitrogen and oxygen atoms in total. The monoisotopic (exact) mass is 939 g/mol. The summed E-state index contributed by atoms with van der Waals surface area (Å²) in [6, 6.07) is 8.41. The van der Waals surface area contributed by atoms with Crippen LogP contribution in [0.25, 0.3) is 17.3 Å². The number of fused-ring (bicyclic) bond motifs is 1. The van der Waals surface area contributed by atoms with Gasteiger partial charge in [0.1, 0.15) is 35.8 Å². The number of ether oxygens (including phenoxy) is 6. The number of nitrogens with one attached hydrogen (secondary N) is 2. The number of carbonyl (C=O) groups excluding carboxylic acids is 5. The van der Waals surface area contributed by atoms with Gasteiger partial charge in [-0.1, -0.05) is 64.1 Å². The molecular weight excluding hydrogens is 865 g/mol. The first kappa shape index (κ1) is 52.9. The highest BCUT2D eigenvalue weighted by atomic mass is 16.7. The summed E-state index contributed by atoms with van der Waals surface area (Å²) in [4.78, 5) is 73.7. The van der Waals surface area contributed by atoms with Gasteiger partial charge in [0.15, 0.2) is 11.9 Å². The van der Waals surface area contributed by atoms with E-state index in [-0.39, 0.29) is 31.3 Å². The number of carbonyl (C=O) groups is 5. The van der Waals surface area contributed by atoms with Crippen LogP contribution >= 0.6 is 0 Å². The number of ketones is 1. The van der Waals surface area contributed by atoms with Gasteiger partial charge in [-0.15, -0.1) is 0 Å². The zero-order valence-corrected chi connectivity index (χ0v) is 41.5. The molecule has 0 radical (unpaired) electrons. The van der Waals surface area contributed by atoms with Crippen molar-refractivity contribution in [3.8, 4) is 11.3 Å². The van der Waals surface area contributed by atoms with Crippen LogP contribution in [0, 0.1) is 23.7 Å². The number of cyclic esters (lactones) is 1. The lowest BCUT2D eigenvalue weighted by atomic mass is 9.73. The highest BCUT2D eigenvalue weighted by molar-refractivity contribution is 5.85. The number of Topliss-reactive ketones (excluding diaryl/α,β-unsaturated/α-hetero) is 1. The molecule has 0 spiro atoms. The summed E-state index contributed by atoms with van der Waals surface area (Å²) in [5, 5.41) is 21.9. The number of aryl methyl sites for hydroxylation is 1. The molecule has 3 aliphatic heterocycles. The third-order valence-electron chi connectivity index (χ3n) is 13.8. The summed E-state index contributed by atoms with van der Waals surface area (Å²) < 4.78 is 39.7. The second kappa shape index (κ2) is 22.4. The maximum absolute atomic E-state index is 14.7. The summed E-state index contributed by atoms with van der Waals surface area (Å²) in [5.41, 5.74) is -0.528. The Labute approximate surface area is 395 Å². The maximum Gasteiger partial charge on any atom is 0.410 e. The average molecular weight is 939 g/mol. The number of aliphatic hydroxyl groups excluding tert-OH is 1. The molecule has 1 aromatic heterocycles. The predicted octanol–water partition coefficient (Wildman–Crippen LogP) is 5.95. The van der Waals surface area contributed by atoms with Crippen LogP contribution < -0.4 is 10.6 Å². The summed E-state index contributed by atoms with van der Waals surface area (Å²) in [6.07, 6.45) is -2.74. The van der Waals surface area contributed by atoms with Gasteiger partial charge in [0.05, 0.1) is 23.8 Å². The van der Waals surface area contributed by atoms with E-state index in [4.69, 9.17) is 28.4 Å². The number of amides is 3. The van der Waals surface area contributed by atoms with Crippen molar-refractivity contribution in [1.82, 2.24) is 30.2 Å². The SMILES string of the molecule is CC[C@H]1OC(=O)[C@H](C)[C@@H](OC(=O)N(CC)CC)[C@H](C)[C@@H](O[C@@H]2O[C@H](C)C[C@H](N(C)C)[C@H]2O)[C@](C)(OC(=O)NC/C=C/c2ccc(-c3ccn(C)n3)cc2)C[C@@H](C)C(=O)[C@H](C)[C@H]2NC(=O)O[C@@]21C. The van der Waals surface area contributed by atoms with Crippen molar-refractivity contribution >= 4 is 36.1 Å². The second-order valence-corrected chi connectivity index (χ2v) is 19.1. The predicted molar refractivity (Wildman–Crippen MR) is 249 cm³/mol. The first-order chi connectivity index (χ1) is 31.6.